The van der Waals surface area contributed by atoms with Gasteiger partial charge in [-0.25, -0.2) is 9.37 Å². The molecule has 3 rings (SSSR count). The van der Waals surface area contributed by atoms with Crippen LogP contribution < -0.4 is 10.6 Å². The smallest absolute Gasteiger partial charge is 0.371 e. The number of rotatable bonds is 3. The number of ether oxygens (including phenoxy) is 1. The lowest BCUT2D eigenvalue weighted by Crippen LogP contribution is -2.33. The van der Waals surface area contributed by atoms with Crippen LogP contribution in [0.15, 0.2) is 30.6 Å². The molecule has 6 nitrogen and oxygen atoms in total. The Morgan fingerprint density at radius 3 is 2.70 bits per heavy atom. The van der Waals surface area contributed by atoms with Crippen molar-refractivity contribution in [3.8, 4) is 0 Å². The fourth-order valence-corrected chi connectivity index (χ4v) is 2.44. The van der Waals surface area contributed by atoms with Gasteiger partial charge in [-0.3, -0.25) is 9.78 Å². The maximum absolute atomic E-state index is 14.3. The molecule has 0 spiro atoms. The number of carbonyl (C=O) groups excluding carboxylic acids is 1. The highest BCUT2D eigenvalue weighted by atomic mass is 35.5. The number of nitrogens with one attached hydrogen (secondary N) is 2. The number of alkyl halides is 3. The van der Waals surface area contributed by atoms with Crippen molar-refractivity contribution >= 4 is 24.0 Å². The van der Waals surface area contributed by atoms with E-state index in [-0.39, 0.29) is 18.1 Å². The topological polar surface area (TPSA) is 76.1 Å². The third kappa shape index (κ3) is 5.12. The Morgan fingerprint density at radius 2 is 2.07 bits per heavy atom. The Morgan fingerprint density at radius 1 is 1.30 bits per heavy atom. The van der Waals surface area contributed by atoms with Gasteiger partial charge in [0, 0.05) is 24.3 Å². The molecular formula is C16H15ClF4N4O2. The van der Waals surface area contributed by atoms with Crippen LogP contribution in [-0.4, -0.2) is 35.6 Å². The van der Waals surface area contributed by atoms with E-state index < -0.39 is 35.4 Å². The van der Waals surface area contributed by atoms with E-state index in [1.807, 2.05) is 0 Å². The second kappa shape index (κ2) is 8.59. The number of aromatic nitrogens is 2. The molecule has 1 aromatic heterocycles. The summed E-state index contributed by atoms with van der Waals surface area (Å²) in [7, 11) is 0. The molecular weight excluding hydrogens is 392 g/mol. The van der Waals surface area contributed by atoms with Crippen molar-refractivity contribution in [2.75, 3.05) is 25.0 Å². The highest BCUT2D eigenvalue weighted by Gasteiger charge is 2.33. The summed E-state index contributed by atoms with van der Waals surface area (Å²) in [5, 5.41) is 5.38. The van der Waals surface area contributed by atoms with Crippen molar-refractivity contribution in [2.45, 2.75) is 12.3 Å². The van der Waals surface area contributed by atoms with Gasteiger partial charge in [0.15, 0.2) is 5.69 Å². The van der Waals surface area contributed by atoms with E-state index in [9.17, 15) is 22.4 Å². The fourth-order valence-electron chi connectivity index (χ4n) is 2.44. The van der Waals surface area contributed by atoms with Crippen LogP contribution >= 0.6 is 12.4 Å². The average molecular weight is 407 g/mol. The summed E-state index contributed by atoms with van der Waals surface area (Å²) in [5.41, 5.74) is -1.40. The highest BCUT2D eigenvalue weighted by molar-refractivity contribution is 6.02. The van der Waals surface area contributed by atoms with Gasteiger partial charge in [0.1, 0.15) is 11.5 Å². The lowest BCUT2D eigenvalue weighted by Gasteiger charge is -2.24. The van der Waals surface area contributed by atoms with E-state index in [2.05, 4.69) is 20.6 Å². The van der Waals surface area contributed by atoms with Gasteiger partial charge < -0.3 is 15.4 Å². The molecule has 0 bridgehead atoms. The first-order valence-electron chi connectivity index (χ1n) is 7.67. The van der Waals surface area contributed by atoms with Crippen molar-refractivity contribution in [3.63, 3.8) is 0 Å². The molecule has 2 aromatic rings. The predicted molar refractivity (Wildman–Crippen MR) is 90.2 cm³/mol. The van der Waals surface area contributed by atoms with Gasteiger partial charge in [-0.2, -0.15) is 13.2 Å². The van der Waals surface area contributed by atoms with Crippen molar-refractivity contribution in [2.24, 2.45) is 0 Å². The van der Waals surface area contributed by atoms with Gasteiger partial charge in [0.05, 0.1) is 25.1 Å². The molecule has 1 aliphatic rings. The van der Waals surface area contributed by atoms with Gasteiger partial charge in [0.2, 0.25) is 0 Å². The normalized spacial score (nSPS) is 17.1. The lowest BCUT2D eigenvalue weighted by molar-refractivity contribution is -0.141. The van der Waals surface area contributed by atoms with Gasteiger partial charge in [-0.1, -0.05) is 6.07 Å². The molecule has 11 heteroatoms. The van der Waals surface area contributed by atoms with Gasteiger partial charge >= 0.3 is 6.18 Å². The van der Waals surface area contributed by atoms with Crippen molar-refractivity contribution in [3.05, 3.63) is 53.4 Å². The third-order valence-electron chi connectivity index (χ3n) is 3.69. The van der Waals surface area contributed by atoms with E-state index in [0.717, 1.165) is 12.3 Å². The van der Waals surface area contributed by atoms with Crippen molar-refractivity contribution in [1.29, 1.82) is 0 Å². The van der Waals surface area contributed by atoms with E-state index in [1.54, 1.807) is 0 Å². The number of hydrogen-bond donors (Lipinski definition) is 2. The van der Waals surface area contributed by atoms with E-state index in [0.29, 0.717) is 31.5 Å². The quantitative estimate of drug-likeness (QED) is 0.766. The SMILES string of the molecule is Cl.O=C(Nc1ccc([C@@H]2CNCCO2)c(F)c1)c1cncc(C(F)(F)F)n1. The zero-order chi connectivity index (χ0) is 18.7. The standard InChI is InChI=1S/C16H14F4N4O2.ClH/c17-11-5-9(1-2-10(11)13-7-21-3-4-26-13)23-15(25)12-6-22-8-14(24-12)16(18,19)20;/h1-2,5-6,8,13,21H,3-4,7H2,(H,23,25);1H/t13-;/m0./s1. The van der Waals surface area contributed by atoms with E-state index in [1.165, 1.54) is 12.1 Å². The molecule has 2 N–H and O–H groups in total. The Bertz CT molecular complexity index is 813. The second-order valence-corrected chi connectivity index (χ2v) is 5.54. The molecule has 1 atom stereocenters. The number of halogens is 5. The molecule has 0 saturated carbocycles. The zero-order valence-electron chi connectivity index (χ0n) is 13.7. The highest BCUT2D eigenvalue weighted by Crippen LogP contribution is 2.27. The molecule has 2 heterocycles. The average Bonchev–Trinajstić information content (AvgIpc) is 2.62. The number of nitrogens with zero attached hydrogens (tertiary/aromatic N) is 2. The van der Waals surface area contributed by atoms with Crippen LogP contribution in [-0.2, 0) is 10.9 Å². The Kier molecular flexibility index (Phi) is 6.68. The molecule has 1 saturated heterocycles. The summed E-state index contributed by atoms with van der Waals surface area (Å²) in [6, 6.07) is 3.97. The first-order valence-corrected chi connectivity index (χ1v) is 7.67. The Balaban J connectivity index is 0.00000261. The number of hydrogen-bond acceptors (Lipinski definition) is 5. The zero-order valence-corrected chi connectivity index (χ0v) is 14.5. The maximum Gasteiger partial charge on any atom is 0.434 e. The number of anilines is 1. The largest absolute Gasteiger partial charge is 0.434 e. The molecule has 1 fully saturated rings. The van der Waals surface area contributed by atoms with Crippen LogP contribution in [0.3, 0.4) is 0 Å². The first-order chi connectivity index (χ1) is 12.3. The fraction of sp³-hybridized carbons (Fsp3) is 0.312. The summed E-state index contributed by atoms with van der Waals surface area (Å²) in [6.07, 6.45) is -3.74. The lowest BCUT2D eigenvalue weighted by atomic mass is 10.1. The minimum Gasteiger partial charge on any atom is -0.371 e. The summed E-state index contributed by atoms with van der Waals surface area (Å²) in [4.78, 5) is 18.7. The summed E-state index contributed by atoms with van der Waals surface area (Å²) in [5.74, 6) is -1.52. The van der Waals surface area contributed by atoms with Crippen molar-refractivity contribution < 1.29 is 27.1 Å². The molecule has 0 unspecified atom stereocenters. The molecule has 0 radical (unpaired) electrons. The van der Waals surface area contributed by atoms with Crippen LogP contribution in [0, 0.1) is 5.82 Å². The molecule has 27 heavy (non-hydrogen) atoms. The van der Waals surface area contributed by atoms with Crippen molar-refractivity contribution in [1.82, 2.24) is 15.3 Å². The minimum absolute atomic E-state index is 0. The monoisotopic (exact) mass is 406 g/mol. The number of carbonyl (C=O) groups is 1. The third-order valence-corrected chi connectivity index (χ3v) is 3.69. The van der Waals surface area contributed by atoms with E-state index >= 15 is 0 Å². The number of morpholine rings is 1. The second-order valence-electron chi connectivity index (χ2n) is 5.54. The molecule has 146 valence electrons. The number of benzene rings is 1. The van der Waals surface area contributed by atoms with Gasteiger partial charge in [-0.05, 0) is 12.1 Å². The molecule has 1 aromatic carbocycles. The van der Waals surface area contributed by atoms with Crippen LogP contribution in [0.25, 0.3) is 0 Å². The van der Waals surface area contributed by atoms with Gasteiger partial charge in [0.25, 0.3) is 5.91 Å². The van der Waals surface area contributed by atoms with Crippen LogP contribution in [0.2, 0.25) is 0 Å². The Labute approximate surface area is 157 Å². The summed E-state index contributed by atoms with van der Waals surface area (Å²) in [6.45, 7) is 1.60. The molecule has 1 aliphatic heterocycles. The first kappa shape index (κ1) is 21.0. The van der Waals surface area contributed by atoms with Crippen LogP contribution in [0.4, 0.5) is 23.2 Å². The summed E-state index contributed by atoms with van der Waals surface area (Å²) < 4.78 is 57.6. The molecule has 0 aliphatic carbocycles. The van der Waals surface area contributed by atoms with Gasteiger partial charge in [-0.15, -0.1) is 12.4 Å². The molecule has 1 amide bonds. The summed E-state index contributed by atoms with van der Waals surface area (Å²) >= 11 is 0. The Hall–Kier alpha value is -2.30. The minimum atomic E-state index is -4.72. The maximum atomic E-state index is 14.3. The predicted octanol–water partition coefficient (Wildman–Crippen LogP) is 2.97. The van der Waals surface area contributed by atoms with Crippen LogP contribution in [0.1, 0.15) is 27.8 Å². The van der Waals surface area contributed by atoms with E-state index in [4.69, 9.17) is 4.74 Å². The van der Waals surface area contributed by atoms with Crippen LogP contribution in [0.5, 0.6) is 0 Å². The number of amides is 1.